The Bertz CT molecular complexity index is 713. The van der Waals surface area contributed by atoms with Crippen molar-refractivity contribution in [1.29, 1.82) is 0 Å². The molecular formula is C17H22ClN3O4S. The van der Waals surface area contributed by atoms with E-state index in [0.29, 0.717) is 18.1 Å². The first-order valence-corrected chi connectivity index (χ1v) is 8.90. The van der Waals surface area contributed by atoms with Crippen molar-refractivity contribution >= 4 is 47.1 Å². The van der Waals surface area contributed by atoms with Crippen molar-refractivity contribution in [3.8, 4) is 5.75 Å². The van der Waals surface area contributed by atoms with Crippen LogP contribution in [0.3, 0.4) is 0 Å². The number of ether oxygens (including phenoxy) is 2. The molecule has 0 spiro atoms. The van der Waals surface area contributed by atoms with Gasteiger partial charge < -0.3 is 20.1 Å². The third-order valence-corrected chi connectivity index (χ3v) is 4.86. The number of nitrogens with one attached hydrogen (secondary N) is 1. The number of methoxy groups -OCH3 is 1. The maximum Gasteiger partial charge on any atom is 0.290 e. The molecule has 2 saturated heterocycles. The molecule has 1 aromatic carbocycles. The maximum absolute atomic E-state index is 11.9. The van der Waals surface area contributed by atoms with E-state index in [1.54, 1.807) is 13.2 Å². The lowest BCUT2D eigenvalue weighted by Gasteiger charge is -2.24. The normalized spacial score (nSPS) is 21.1. The van der Waals surface area contributed by atoms with E-state index in [1.807, 2.05) is 18.2 Å². The van der Waals surface area contributed by atoms with Crippen LogP contribution in [-0.4, -0.2) is 50.6 Å². The first-order valence-electron chi connectivity index (χ1n) is 8.08. The van der Waals surface area contributed by atoms with Crippen molar-refractivity contribution in [1.82, 2.24) is 5.32 Å². The summed E-state index contributed by atoms with van der Waals surface area (Å²) in [5.74, 6) is 0.347. The largest absolute Gasteiger partial charge is 0.489 e. The van der Waals surface area contributed by atoms with E-state index in [4.69, 9.17) is 15.2 Å². The van der Waals surface area contributed by atoms with Gasteiger partial charge in [-0.1, -0.05) is 12.1 Å². The number of carbonyl (C=O) groups excluding carboxylic acids is 2. The molecule has 1 atom stereocenters. The number of benzene rings is 1. The van der Waals surface area contributed by atoms with Crippen molar-refractivity contribution in [3.63, 3.8) is 0 Å². The Kier molecular flexibility index (Phi) is 7.33. The van der Waals surface area contributed by atoms with Crippen molar-refractivity contribution in [2.75, 3.05) is 38.3 Å². The first kappa shape index (κ1) is 20.6. The molecular weight excluding hydrogens is 378 g/mol. The number of halogens is 1. The molecule has 142 valence electrons. The number of para-hydroxylation sites is 1. The van der Waals surface area contributed by atoms with E-state index in [-0.39, 0.29) is 29.6 Å². The summed E-state index contributed by atoms with van der Waals surface area (Å²) in [6.45, 7) is 2.45. The van der Waals surface area contributed by atoms with E-state index in [1.165, 1.54) is 0 Å². The highest BCUT2D eigenvalue weighted by Gasteiger charge is 2.28. The van der Waals surface area contributed by atoms with Crippen LogP contribution in [0.25, 0.3) is 6.08 Å². The van der Waals surface area contributed by atoms with Gasteiger partial charge >= 0.3 is 0 Å². The van der Waals surface area contributed by atoms with Gasteiger partial charge in [0.1, 0.15) is 12.4 Å². The van der Waals surface area contributed by atoms with Crippen LogP contribution in [0, 0.1) is 0 Å². The summed E-state index contributed by atoms with van der Waals surface area (Å²) >= 11 is 0.905. The molecule has 1 unspecified atom stereocenters. The first-order chi connectivity index (χ1) is 12.1. The highest BCUT2D eigenvalue weighted by Crippen LogP contribution is 2.37. The molecule has 0 aliphatic carbocycles. The highest BCUT2D eigenvalue weighted by atomic mass is 35.5. The minimum absolute atomic E-state index is 0. The zero-order chi connectivity index (χ0) is 17.8. The van der Waals surface area contributed by atoms with Crippen LogP contribution in [0.2, 0.25) is 0 Å². The fourth-order valence-corrected chi connectivity index (χ4v) is 3.57. The molecule has 2 fully saturated rings. The van der Waals surface area contributed by atoms with Crippen LogP contribution >= 0.6 is 24.2 Å². The van der Waals surface area contributed by atoms with Crippen LogP contribution in [0.4, 0.5) is 10.5 Å². The lowest BCUT2D eigenvalue weighted by molar-refractivity contribution is -0.115. The van der Waals surface area contributed by atoms with Gasteiger partial charge in [0.2, 0.25) is 0 Å². The van der Waals surface area contributed by atoms with Crippen molar-refractivity contribution in [3.05, 3.63) is 28.7 Å². The van der Waals surface area contributed by atoms with Gasteiger partial charge in [-0.15, -0.1) is 12.4 Å². The quantitative estimate of drug-likeness (QED) is 0.558. The molecule has 2 heterocycles. The number of hydrogen-bond donors (Lipinski definition) is 2. The summed E-state index contributed by atoms with van der Waals surface area (Å²) in [5.41, 5.74) is 7.78. The molecule has 1 aromatic rings. The number of imide groups is 1. The second kappa shape index (κ2) is 9.27. The predicted molar refractivity (Wildman–Crippen MR) is 105 cm³/mol. The van der Waals surface area contributed by atoms with Gasteiger partial charge in [0.05, 0.1) is 17.2 Å². The Balaban J connectivity index is 0.00000243. The molecule has 0 bridgehead atoms. The van der Waals surface area contributed by atoms with Crippen molar-refractivity contribution in [2.24, 2.45) is 5.73 Å². The van der Waals surface area contributed by atoms with Gasteiger partial charge in [0.15, 0.2) is 0 Å². The Morgan fingerprint density at radius 1 is 1.38 bits per heavy atom. The number of anilines is 1. The predicted octanol–water partition coefficient (Wildman–Crippen LogP) is 1.99. The molecule has 2 amide bonds. The topological polar surface area (TPSA) is 93.9 Å². The summed E-state index contributed by atoms with van der Waals surface area (Å²) < 4.78 is 10.9. The number of carbonyl (C=O) groups is 2. The standard InChI is InChI=1S/C17H21N3O4S.ClH/c1-23-7-8-24-13-4-2-3-11(9-14-16(21)19-17(22)25-14)15(13)20-6-5-12(18)10-20;/h2-4,9,12H,5-8,10,18H2,1H3,(H,19,21,22);1H. The van der Waals surface area contributed by atoms with Gasteiger partial charge in [0, 0.05) is 31.8 Å². The molecule has 26 heavy (non-hydrogen) atoms. The Morgan fingerprint density at radius 3 is 2.81 bits per heavy atom. The summed E-state index contributed by atoms with van der Waals surface area (Å²) in [7, 11) is 1.62. The maximum atomic E-state index is 11.9. The molecule has 3 N–H and O–H groups in total. The van der Waals surface area contributed by atoms with Gasteiger partial charge in [-0.3, -0.25) is 14.9 Å². The number of thioether (sulfide) groups is 1. The molecule has 9 heteroatoms. The summed E-state index contributed by atoms with van der Waals surface area (Å²) in [4.78, 5) is 25.8. The average Bonchev–Trinajstić information content (AvgIpc) is 3.13. The minimum atomic E-state index is -0.371. The van der Waals surface area contributed by atoms with E-state index in [9.17, 15) is 9.59 Å². The van der Waals surface area contributed by atoms with Crippen LogP contribution in [0.5, 0.6) is 5.75 Å². The Morgan fingerprint density at radius 2 is 2.19 bits per heavy atom. The number of nitrogens with zero attached hydrogens (tertiary/aromatic N) is 1. The third kappa shape index (κ3) is 4.70. The van der Waals surface area contributed by atoms with E-state index < -0.39 is 0 Å². The highest BCUT2D eigenvalue weighted by molar-refractivity contribution is 8.18. The van der Waals surface area contributed by atoms with Crippen LogP contribution in [-0.2, 0) is 9.53 Å². The number of amides is 2. The average molecular weight is 400 g/mol. The lowest BCUT2D eigenvalue weighted by Crippen LogP contribution is -2.27. The van der Waals surface area contributed by atoms with Crippen LogP contribution < -0.4 is 20.7 Å². The van der Waals surface area contributed by atoms with Gasteiger partial charge in [-0.2, -0.15) is 0 Å². The number of hydrogen-bond acceptors (Lipinski definition) is 7. The monoisotopic (exact) mass is 399 g/mol. The van der Waals surface area contributed by atoms with Crippen LogP contribution in [0.15, 0.2) is 23.1 Å². The number of rotatable bonds is 6. The number of nitrogens with two attached hydrogens (primary N) is 1. The molecule has 3 rings (SSSR count). The fourth-order valence-electron chi connectivity index (χ4n) is 2.90. The molecule has 0 aromatic heterocycles. The van der Waals surface area contributed by atoms with E-state index >= 15 is 0 Å². The molecule has 0 saturated carbocycles. The van der Waals surface area contributed by atoms with Gasteiger partial charge in [-0.25, -0.2) is 0 Å². The third-order valence-electron chi connectivity index (χ3n) is 4.04. The van der Waals surface area contributed by atoms with Crippen molar-refractivity contribution in [2.45, 2.75) is 12.5 Å². The molecule has 0 radical (unpaired) electrons. The van der Waals surface area contributed by atoms with Gasteiger partial charge in [-0.05, 0) is 30.3 Å². The Hall–Kier alpha value is -1.74. The lowest BCUT2D eigenvalue weighted by atomic mass is 10.1. The SMILES string of the molecule is COCCOc1cccc(C=C2SC(=O)NC2=O)c1N1CCC(N)C1.Cl. The molecule has 7 nitrogen and oxygen atoms in total. The van der Waals surface area contributed by atoms with Crippen molar-refractivity contribution < 1.29 is 19.1 Å². The second-order valence-corrected chi connectivity index (χ2v) is 6.90. The smallest absolute Gasteiger partial charge is 0.290 e. The summed E-state index contributed by atoms with van der Waals surface area (Å²) in [6.07, 6.45) is 2.63. The summed E-state index contributed by atoms with van der Waals surface area (Å²) in [5, 5.41) is 1.92. The fraction of sp³-hybridized carbons (Fsp3) is 0.412. The van der Waals surface area contributed by atoms with Crippen LogP contribution in [0.1, 0.15) is 12.0 Å². The van der Waals surface area contributed by atoms with E-state index in [0.717, 1.165) is 48.3 Å². The van der Waals surface area contributed by atoms with Gasteiger partial charge in [0.25, 0.3) is 11.1 Å². The zero-order valence-corrected chi connectivity index (χ0v) is 16.0. The summed E-state index contributed by atoms with van der Waals surface area (Å²) in [6, 6.07) is 5.78. The molecule has 2 aliphatic heterocycles. The minimum Gasteiger partial charge on any atom is -0.489 e. The molecule has 2 aliphatic rings. The Labute approximate surface area is 162 Å². The second-order valence-electron chi connectivity index (χ2n) is 5.88. The van der Waals surface area contributed by atoms with E-state index in [2.05, 4.69) is 10.2 Å². The zero-order valence-electron chi connectivity index (χ0n) is 14.4.